The van der Waals surface area contributed by atoms with E-state index in [9.17, 15) is 0 Å². The van der Waals surface area contributed by atoms with E-state index in [1.807, 2.05) is 24.3 Å². The highest BCUT2D eigenvalue weighted by molar-refractivity contribution is 6.56. The van der Waals surface area contributed by atoms with Gasteiger partial charge in [0.15, 0.2) is 46.0 Å². The van der Waals surface area contributed by atoms with Crippen molar-refractivity contribution in [3.63, 3.8) is 0 Å². The molecule has 0 aliphatic rings. The van der Waals surface area contributed by atoms with Crippen molar-refractivity contribution in [3.05, 3.63) is 72.8 Å². The molecule has 12 heteroatoms. The molecule has 0 saturated carbocycles. The van der Waals surface area contributed by atoms with Crippen molar-refractivity contribution in [2.75, 3.05) is 56.9 Å². The van der Waals surface area contributed by atoms with Crippen LogP contribution in [0.25, 0.3) is 0 Å². The SMILES string of the molecule is COc1cccc([Si]CCCCCCC(CCCCCC[Si]c2cccc(OC)c2OC)(CCCCCC[Si]c2cccc(OC)c2OC)CCCCCC[Si]c2cccc(OC)c2OC)c1OC. The van der Waals surface area contributed by atoms with Crippen LogP contribution in [0.15, 0.2) is 72.8 Å². The highest BCUT2D eigenvalue weighted by Crippen LogP contribution is 2.42. The first kappa shape index (κ1) is 57.7. The summed E-state index contributed by atoms with van der Waals surface area (Å²) in [4.78, 5) is 0. The average molecular weight is 1010 g/mol. The largest absolute Gasteiger partial charge is 0.493 e. The predicted octanol–water partition coefficient (Wildman–Crippen LogP) is 11.6. The smallest absolute Gasteiger partial charge is 0.160 e. The van der Waals surface area contributed by atoms with Crippen LogP contribution in [0, 0.1) is 5.41 Å². The summed E-state index contributed by atoms with van der Waals surface area (Å²) in [7, 11) is 16.9. The van der Waals surface area contributed by atoms with Crippen LogP contribution in [0.2, 0.25) is 24.2 Å². The van der Waals surface area contributed by atoms with Crippen molar-refractivity contribution >= 4 is 58.8 Å². The molecule has 0 aliphatic heterocycles. The maximum absolute atomic E-state index is 5.74. The van der Waals surface area contributed by atoms with Crippen LogP contribution in [0.1, 0.15) is 128 Å². The van der Waals surface area contributed by atoms with Gasteiger partial charge in [-0.25, -0.2) is 0 Å². The fraction of sp³-hybridized carbons (Fsp3) is 0.579. The summed E-state index contributed by atoms with van der Waals surface area (Å²) in [6.45, 7) is 0. The number of para-hydroxylation sites is 4. The molecule has 4 aromatic rings. The quantitative estimate of drug-likeness (QED) is 0.0322. The van der Waals surface area contributed by atoms with Crippen LogP contribution in [0.4, 0.5) is 0 Å². The molecule has 8 nitrogen and oxygen atoms in total. The van der Waals surface area contributed by atoms with Crippen molar-refractivity contribution < 1.29 is 37.9 Å². The van der Waals surface area contributed by atoms with Gasteiger partial charge in [0.2, 0.25) is 0 Å². The van der Waals surface area contributed by atoms with Crippen LogP contribution < -0.4 is 58.6 Å². The van der Waals surface area contributed by atoms with E-state index in [0.717, 1.165) is 84.1 Å². The zero-order valence-corrected chi connectivity index (χ0v) is 47.7. The van der Waals surface area contributed by atoms with Crippen molar-refractivity contribution in [3.8, 4) is 46.0 Å². The molecule has 376 valence electrons. The molecule has 8 radical (unpaired) electrons. The molecule has 69 heavy (non-hydrogen) atoms. The average Bonchev–Trinajstić information content (AvgIpc) is 3.38. The molecule has 0 aliphatic carbocycles. The first-order chi connectivity index (χ1) is 33.9. The Morgan fingerprint density at radius 3 is 0.696 bits per heavy atom. The minimum Gasteiger partial charge on any atom is -0.493 e. The maximum Gasteiger partial charge on any atom is 0.160 e. The zero-order chi connectivity index (χ0) is 49.4. The van der Waals surface area contributed by atoms with Gasteiger partial charge in [-0.1, -0.05) is 175 Å². The number of hydrogen-bond donors (Lipinski definition) is 0. The summed E-state index contributed by atoms with van der Waals surface area (Å²) < 4.78 is 45.3. The van der Waals surface area contributed by atoms with Gasteiger partial charge < -0.3 is 37.9 Å². The lowest BCUT2D eigenvalue weighted by Crippen LogP contribution is -2.22. The lowest BCUT2D eigenvalue weighted by atomic mass is 9.70. The first-order valence-corrected chi connectivity index (χ1v) is 30.5. The second-order valence-electron chi connectivity index (χ2n) is 18.0. The molecule has 4 rings (SSSR count). The van der Waals surface area contributed by atoms with Gasteiger partial charge in [0.05, 0.1) is 95.0 Å². The van der Waals surface area contributed by atoms with Crippen LogP contribution >= 0.6 is 0 Å². The van der Waals surface area contributed by atoms with E-state index in [0.29, 0.717) is 5.41 Å². The lowest BCUT2D eigenvalue weighted by molar-refractivity contribution is 0.172. The highest BCUT2D eigenvalue weighted by atomic mass is 28.2. The van der Waals surface area contributed by atoms with E-state index in [4.69, 9.17) is 37.9 Å². The molecule has 0 spiro atoms. The summed E-state index contributed by atoms with van der Waals surface area (Å²) in [6, 6.07) is 29.9. The third-order valence-corrected chi connectivity index (χ3v) is 18.9. The minimum absolute atomic E-state index is 0.427. The Morgan fingerprint density at radius 1 is 0.275 bits per heavy atom. The fourth-order valence-electron chi connectivity index (χ4n) is 9.66. The molecular weight excluding hydrogens is 925 g/mol. The second-order valence-corrected chi connectivity index (χ2v) is 23.6. The number of ether oxygens (including phenoxy) is 8. The molecule has 4 aromatic carbocycles. The fourth-order valence-corrected chi connectivity index (χ4v) is 14.8. The Balaban J connectivity index is 1.35. The van der Waals surface area contributed by atoms with E-state index < -0.39 is 0 Å². The molecule has 0 aromatic heterocycles. The van der Waals surface area contributed by atoms with Crippen LogP contribution in [-0.2, 0) is 0 Å². The van der Waals surface area contributed by atoms with Gasteiger partial charge >= 0.3 is 0 Å². The Kier molecular flexibility index (Phi) is 28.8. The molecule has 0 amide bonds. The number of methoxy groups -OCH3 is 8. The lowest BCUT2D eigenvalue weighted by Gasteiger charge is -2.35. The van der Waals surface area contributed by atoms with Crippen LogP contribution in [0.5, 0.6) is 46.0 Å². The second kappa shape index (κ2) is 34.5. The predicted molar refractivity (Wildman–Crippen MR) is 294 cm³/mol. The highest BCUT2D eigenvalue weighted by Gasteiger charge is 2.28. The zero-order valence-electron chi connectivity index (χ0n) is 43.7. The normalized spacial score (nSPS) is 11.4. The Bertz CT molecular complexity index is 1710. The molecule has 0 bridgehead atoms. The van der Waals surface area contributed by atoms with Gasteiger partial charge in [0.25, 0.3) is 0 Å². The van der Waals surface area contributed by atoms with Crippen molar-refractivity contribution in [2.45, 2.75) is 153 Å². The monoisotopic (exact) mass is 1010 g/mol. The van der Waals surface area contributed by atoms with Crippen molar-refractivity contribution in [1.82, 2.24) is 0 Å². The molecule has 0 saturated heterocycles. The Labute approximate surface area is 428 Å². The van der Waals surface area contributed by atoms with Gasteiger partial charge in [-0.15, -0.1) is 0 Å². The number of benzene rings is 4. The Morgan fingerprint density at radius 2 is 0.493 bits per heavy atom. The summed E-state index contributed by atoms with van der Waals surface area (Å²) in [6.07, 6.45) is 26.3. The van der Waals surface area contributed by atoms with Gasteiger partial charge in [0.1, 0.15) is 0 Å². The third-order valence-electron chi connectivity index (χ3n) is 13.4. The number of unbranched alkanes of at least 4 members (excludes halogenated alkanes) is 12. The number of hydrogen-bond acceptors (Lipinski definition) is 8. The minimum atomic E-state index is 0.427. The van der Waals surface area contributed by atoms with Crippen molar-refractivity contribution in [1.29, 1.82) is 0 Å². The molecule has 0 unspecified atom stereocenters. The van der Waals surface area contributed by atoms with E-state index in [-0.39, 0.29) is 0 Å². The van der Waals surface area contributed by atoms with Gasteiger partial charge in [0, 0.05) is 0 Å². The summed E-state index contributed by atoms with van der Waals surface area (Å²) in [5.74, 6) is 6.92. The first-order valence-electron chi connectivity index (χ1n) is 25.7. The topological polar surface area (TPSA) is 73.8 Å². The summed E-state index contributed by atoms with van der Waals surface area (Å²) in [5, 5.41) is 5.10. The summed E-state index contributed by atoms with van der Waals surface area (Å²) in [5.41, 5.74) is 0.427. The van der Waals surface area contributed by atoms with E-state index in [1.54, 1.807) is 56.9 Å². The molecule has 0 N–H and O–H groups in total. The van der Waals surface area contributed by atoms with Gasteiger partial charge in [-0.3, -0.25) is 0 Å². The van der Waals surface area contributed by atoms with Crippen molar-refractivity contribution in [2.24, 2.45) is 5.41 Å². The van der Waals surface area contributed by atoms with Gasteiger partial charge in [-0.05, 0) is 76.1 Å². The molecule has 0 heterocycles. The maximum atomic E-state index is 5.74. The van der Waals surface area contributed by atoms with E-state index in [2.05, 4.69) is 48.5 Å². The van der Waals surface area contributed by atoms with Crippen LogP contribution in [0.3, 0.4) is 0 Å². The summed E-state index contributed by atoms with van der Waals surface area (Å²) >= 11 is 0. The third kappa shape index (κ3) is 19.7. The van der Waals surface area contributed by atoms with Gasteiger partial charge in [-0.2, -0.15) is 0 Å². The van der Waals surface area contributed by atoms with E-state index in [1.165, 1.54) is 173 Å². The number of rotatable bonds is 40. The molecule has 0 fully saturated rings. The molecular formula is C57H84O8Si4. The molecule has 0 atom stereocenters. The van der Waals surface area contributed by atoms with E-state index >= 15 is 0 Å². The standard InChI is InChI=1S/C57H84O8Si4/c1-58-45-29-25-33-49(53(45)62-5)66-41-21-13-9-17-37-57(38-18-10-14-22-42-67-50-34-26-30-46(59-2)54(50)63-6,39-19-11-15-23-43-68-51-35-27-31-47(60-3)55(51)64-7)40-20-12-16-24-44-69-52-36-28-32-48(61-4)56(52)65-8/h25-36H,9-24,37-44H2,1-8H3. The Hall–Kier alpha value is -3.85. The van der Waals surface area contributed by atoms with Crippen LogP contribution in [-0.4, -0.2) is 95.0 Å².